The maximum atomic E-state index is 12.5. The van der Waals surface area contributed by atoms with Crippen molar-refractivity contribution in [3.63, 3.8) is 0 Å². The molecule has 7 heteroatoms. The maximum absolute atomic E-state index is 12.5. The van der Waals surface area contributed by atoms with Crippen LogP contribution in [0.4, 0.5) is 0 Å². The van der Waals surface area contributed by atoms with E-state index in [1.807, 2.05) is 6.07 Å². The van der Waals surface area contributed by atoms with Gasteiger partial charge < -0.3 is 19.3 Å². The number of fused-ring (bicyclic) bond motifs is 1. The zero-order valence-electron chi connectivity index (χ0n) is 17.0. The third-order valence-corrected chi connectivity index (χ3v) is 6.23. The molecule has 1 heterocycles. The molecule has 0 unspecified atom stereocenters. The van der Waals surface area contributed by atoms with Gasteiger partial charge in [0, 0.05) is 23.3 Å². The van der Waals surface area contributed by atoms with E-state index in [1.54, 1.807) is 48.5 Å². The minimum absolute atomic E-state index is 0.00196. The van der Waals surface area contributed by atoms with Crippen LogP contribution in [0.3, 0.4) is 0 Å². The quantitative estimate of drug-likeness (QED) is 0.619. The van der Waals surface area contributed by atoms with E-state index in [9.17, 15) is 14.7 Å². The van der Waals surface area contributed by atoms with Gasteiger partial charge in [0.15, 0.2) is 0 Å². The molecule has 0 bridgehead atoms. The molecule has 0 radical (unpaired) electrons. The molecule has 2 aromatic carbocycles. The van der Waals surface area contributed by atoms with E-state index >= 15 is 0 Å². The number of esters is 2. The van der Waals surface area contributed by atoms with E-state index < -0.39 is 6.10 Å². The average Bonchev–Trinajstić information content (AvgIpc) is 3.27. The highest BCUT2D eigenvalue weighted by molar-refractivity contribution is 6.30. The minimum Gasteiger partial charge on any atom is -0.491 e. The molecule has 2 aromatic rings. The third kappa shape index (κ3) is 5.38. The molecule has 2 fully saturated rings. The summed E-state index contributed by atoms with van der Waals surface area (Å²) in [5, 5.41) is 11.0. The zero-order valence-corrected chi connectivity index (χ0v) is 17.7. The van der Waals surface area contributed by atoms with E-state index in [0.29, 0.717) is 42.0 Å². The second-order valence-corrected chi connectivity index (χ2v) is 8.54. The first-order valence-electron chi connectivity index (χ1n) is 10.5. The minimum atomic E-state index is -0.693. The Labute approximate surface area is 186 Å². The lowest BCUT2D eigenvalue weighted by atomic mass is 9.87. The van der Waals surface area contributed by atoms with Crippen LogP contribution in [0, 0.1) is 11.8 Å². The fourth-order valence-electron chi connectivity index (χ4n) is 4.49. The summed E-state index contributed by atoms with van der Waals surface area (Å²) in [6.07, 6.45) is 0.606. The Morgan fingerprint density at radius 1 is 1.19 bits per heavy atom. The number of carbonyl (C=O) groups is 2. The van der Waals surface area contributed by atoms with Crippen LogP contribution in [0.2, 0.25) is 5.02 Å². The molecular formula is C24H25ClO6. The number of aliphatic hydroxyl groups is 1. The van der Waals surface area contributed by atoms with Crippen molar-refractivity contribution in [1.82, 2.24) is 0 Å². The Kier molecular flexibility index (Phi) is 6.78. The predicted molar refractivity (Wildman–Crippen MR) is 114 cm³/mol. The normalized spacial score (nSPS) is 25.5. The lowest BCUT2D eigenvalue weighted by molar-refractivity contribution is -0.141. The number of hydrogen-bond donors (Lipinski definition) is 1. The van der Waals surface area contributed by atoms with Gasteiger partial charge in [-0.25, -0.2) is 4.79 Å². The van der Waals surface area contributed by atoms with Crippen molar-refractivity contribution in [2.75, 3.05) is 6.61 Å². The Bertz CT molecular complexity index is 917. The predicted octanol–water partition coefficient (Wildman–Crippen LogP) is 4.04. The van der Waals surface area contributed by atoms with Gasteiger partial charge in [-0.1, -0.05) is 35.9 Å². The molecule has 0 spiro atoms. The van der Waals surface area contributed by atoms with Crippen LogP contribution in [0.25, 0.3) is 0 Å². The SMILES string of the molecule is O=C1C[C@@H]2[C@@H](CC[C@H](O)COc3cccc(Cl)c3)[C@H](OC(=O)c3ccccc3)C[C@@H]2O1. The van der Waals surface area contributed by atoms with Crippen LogP contribution >= 0.6 is 11.6 Å². The van der Waals surface area contributed by atoms with Crippen LogP contribution in [0.15, 0.2) is 54.6 Å². The third-order valence-electron chi connectivity index (χ3n) is 5.99. The average molecular weight is 445 g/mol. The number of aliphatic hydroxyl groups excluding tert-OH is 1. The van der Waals surface area contributed by atoms with E-state index in [-0.39, 0.29) is 42.6 Å². The second-order valence-electron chi connectivity index (χ2n) is 8.11. The van der Waals surface area contributed by atoms with Crippen LogP contribution in [-0.2, 0) is 14.3 Å². The van der Waals surface area contributed by atoms with Crippen molar-refractivity contribution in [3.05, 3.63) is 65.2 Å². The van der Waals surface area contributed by atoms with E-state index in [4.69, 9.17) is 25.8 Å². The maximum Gasteiger partial charge on any atom is 0.338 e. The van der Waals surface area contributed by atoms with Crippen molar-refractivity contribution < 1.29 is 28.9 Å². The molecule has 2 aliphatic rings. The molecule has 1 aliphatic heterocycles. The van der Waals surface area contributed by atoms with Gasteiger partial charge in [0.05, 0.1) is 18.1 Å². The molecule has 0 aromatic heterocycles. The summed E-state index contributed by atoms with van der Waals surface area (Å²) in [7, 11) is 0. The van der Waals surface area contributed by atoms with Gasteiger partial charge >= 0.3 is 11.9 Å². The highest BCUT2D eigenvalue weighted by Gasteiger charge is 2.51. The number of ether oxygens (including phenoxy) is 3. The van der Waals surface area contributed by atoms with E-state index in [2.05, 4.69) is 0 Å². The van der Waals surface area contributed by atoms with Crippen molar-refractivity contribution in [3.8, 4) is 5.75 Å². The van der Waals surface area contributed by atoms with Gasteiger partial charge in [-0.15, -0.1) is 0 Å². The van der Waals surface area contributed by atoms with Gasteiger partial charge in [-0.3, -0.25) is 4.79 Å². The second kappa shape index (κ2) is 9.71. The fraction of sp³-hybridized carbons (Fsp3) is 0.417. The van der Waals surface area contributed by atoms with Crippen LogP contribution in [0.5, 0.6) is 5.75 Å². The van der Waals surface area contributed by atoms with Gasteiger partial charge in [0.2, 0.25) is 0 Å². The lowest BCUT2D eigenvalue weighted by Gasteiger charge is -2.24. The van der Waals surface area contributed by atoms with Crippen molar-refractivity contribution >= 4 is 23.5 Å². The zero-order chi connectivity index (χ0) is 21.8. The van der Waals surface area contributed by atoms with E-state index in [1.165, 1.54) is 0 Å². The summed E-state index contributed by atoms with van der Waals surface area (Å²) in [5.74, 6) is -0.0478. The fourth-order valence-corrected chi connectivity index (χ4v) is 4.67. The summed E-state index contributed by atoms with van der Waals surface area (Å²) in [6, 6.07) is 15.8. The highest BCUT2D eigenvalue weighted by Crippen LogP contribution is 2.45. The molecule has 164 valence electrons. The van der Waals surface area contributed by atoms with Gasteiger partial charge in [-0.2, -0.15) is 0 Å². The molecule has 0 amide bonds. The summed E-state index contributed by atoms with van der Waals surface area (Å²) in [4.78, 5) is 24.3. The van der Waals surface area contributed by atoms with E-state index in [0.717, 1.165) is 0 Å². The number of carbonyl (C=O) groups excluding carboxylic acids is 2. The first-order chi connectivity index (χ1) is 15.0. The first kappa shape index (κ1) is 21.7. The molecule has 6 nitrogen and oxygen atoms in total. The topological polar surface area (TPSA) is 82.1 Å². The van der Waals surface area contributed by atoms with Crippen LogP contribution in [0.1, 0.15) is 36.0 Å². The Hall–Kier alpha value is -2.57. The number of halogens is 1. The molecule has 5 atom stereocenters. The number of rotatable bonds is 8. The summed E-state index contributed by atoms with van der Waals surface area (Å²) in [6.45, 7) is 0.130. The van der Waals surface area contributed by atoms with Gasteiger partial charge in [0.25, 0.3) is 0 Å². The molecule has 1 aliphatic carbocycles. The monoisotopic (exact) mass is 444 g/mol. The summed E-state index contributed by atoms with van der Waals surface area (Å²) < 4.78 is 16.8. The molecule has 31 heavy (non-hydrogen) atoms. The smallest absolute Gasteiger partial charge is 0.338 e. The van der Waals surface area contributed by atoms with Crippen molar-refractivity contribution in [2.24, 2.45) is 11.8 Å². The number of hydrogen-bond acceptors (Lipinski definition) is 6. The van der Waals surface area contributed by atoms with Crippen LogP contribution < -0.4 is 4.74 Å². The Balaban J connectivity index is 1.35. The Morgan fingerprint density at radius 2 is 2.00 bits per heavy atom. The molecule has 1 N–H and O–H groups in total. The summed E-state index contributed by atoms with van der Waals surface area (Å²) >= 11 is 5.95. The largest absolute Gasteiger partial charge is 0.491 e. The molecule has 1 saturated carbocycles. The molecule has 1 saturated heterocycles. The molecule has 4 rings (SSSR count). The van der Waals surface area contributed by atoms with Crippen molar-refractivity contribution in [2.45, 2.75) is 44.0 Å². The lowest BCUT2D eigenvalue weighted by Crippen LogP contribution is -2.28. The van der Waals surface area contributed by atoms with Crippen LogP contribution in [-0.4, -0.2) is 42.0 Å². The van der Waals surface area contributed by atoms with Gasteiger partial charge in [0.1, 0.15) is 24.6 Å². The molecular weight excluding hydrogens is 420 g/mol. The van der Waals surface area contributed by atoms with Crippen molar-refractivity contribution in [1.29, 1.82) is 0 Å². The summed E-state index contributed by atoms with van der Waals surface area (Å²) in [5.41, 5.74) is 0.491. The standard InChI is InChI=1S/C24H25ClO6/c25-16-7-4-8-18(11-16)29-14-17(26)9-10-19-20-12-23(27)30-22(20)13-21(19)31-24(28)15-5-2-1-3-6-15/h1-8,11,17,19-22,26H,9-10,12-14H2/t17-,19+,20+,21+,22-/m0/s1. The number of benzene rings is 2. The Morgan fingerprint density at radius 3 is 2.77 bits per heavy atom. The first-order valence-corrected chi connectivity index (χ1v) is 10.9. The highest BCUT2D eigenvalue weighted by atomic mass is 35.5. The van der Waals surface area contributed by atoms with Gasteiger partial charge in [-0.05, 0) is 43.2 Å².